The summed E-state index contributed by atoms with van der Waals surface area (Å²) in [6.07, 6.45) is 0.0735. The van der Waals surface area contributed by atoms with Crippen LogP contribution in [0.15, 0.2) is 40.9 Å². The van der Waals surface area contributed by atoms with Crippen molar-refractivity contribution in [1.82, 2.24) is 0 Å². The standard InChI is InChI=1S/C18H19BrO3/c1-11(2)21-17-6-5-14(10-16(17)19)18(20)22-15-8-12(3)7-13(4)9-15/h5-11H,1-4H3. The number of halogens is 1. The van der Waals surface area contributed by atoms with Gasteiger partial charge in [-0.3, -0.25) is 0 Å². The lowest BCUT2D eigenvalue weighted by Crippen LogP contribution is -2.10. The summed E-state index contributed by atoms with van der Waals surface area (Å²) in [5.41, 5.74) is 2.59. The molecule has 2 aromatic carbocycles. The minimum atomic E-state index is -0.387. The van der Waals surface area contributed by atoms with Crippen LogP contribution in [-0.2, 0) is 0 Å². The maximum atomic E-state index is 12.2. The lowest BCUT2D eigenvalue weighted by atomic mass is 10.1. The van der Waals surface area contributed by atoms with E-state index >= 15 is 0 Å². The summed E-state index contributed by atoms with van der Waals surface area (Å²) in [7, 11) is 0. The third-order valence-electron chi connectivity index (χ3n) is 2.94. The Balaban J connectivity index is 2.17. The Morgan fingerprint density at radius 3 is 2.23 bits per heavy atom. The van der Waals surface area contributed by atoms with Gasteiger partial charge in [0.1, 0.15) is 11.5 Å². The predicted octanol–water partition coefficient (Wildman–Crippen LogP) is 5.07. The average Bonchev–Trinajstić information content (AvgIpc) is 2.39. The summed E-state index contributed by atoms with van der Waals surface area (Å²) < 4.78 is 11.8. The molecule has 0 aliphatic carbocycles. The Kier molecular flexibility index (Phi) is 5.24. The van der Waals surface area contributed by atoms with Gasteiger partial charge in [-0.25, -0.2) is 4.79 Å². The van der Waals surface area contributed by atoms with Crippen molar-refractivity contribution in [2.75, 3.05) is 0 Å². The molecule has 4 heteroatoms. The average molecular weight is 363 g/mol. The molecule has 0 aliphatic heterocycles. The van der Waals surface area contributed by atoms with Crippen LogP contribution < -0.4 is 9.47 Å². The normalized spacial score (nSPS) is 10.6. The number of aryl methyl sites for hydroxylation is 2. The molecule has 0 bridgehead atoms. The van der Waals surface area contributed by atoms with Crippen LogP contribution in [0.5, 0.6) is 11.5 Å². The second-order valence-electron chi connectivity index (χ2n) is 5.52. The largest absolute Gasteiger partial charge is 0.490 e. The quantitative estimate of drug-likeness (QED) is 0.562. The van der Waals surface area contributed by atoms with Crippen LogP contribution in [0, 0.1) is 13.8 Å². The van der Waals surface area contributed by atoms with E-state index in [0.717, 1.165) is 15.6 Å². The van der Waals surface area contributed by atoms with Crippen molar-refractivity contribution in [1.29, 1.82) is 0 Å². The Hall–Kier alpha value is -1.81. The zero-order valence-corrected chi connectivity index (χ0v) is 14.7. The van der Waals surface area contributed by atoms with Gasteiger partial charge in [-0.15, -0.1) is 0 Å². The first kappa shape index (κ1) is 16.6. The van der Waals surface area contributed by atoms with Crippen LogP contribution in [0.4, 0.5) is 0 Å². The van der Waals surface area contributed by atoms with Crippen molar-refractivity contribution < 1.29 is 14.3 Å². The Labute approximate surface area is 139 Å². The molecular weight excluding hydrogens is 344 g/mol. The van der Waals surface area contributed by atoms with Gasteiger partial charge in [0.05, 0.1) is 16.1 Å². The van der Waals surface area contributed by atoms with Crippen molar-refractivity contribution in [2.45, 2.75) is 33.8 Å². The van der Waals surface area contributed by atoms with Crippen LogP contribution in [0.3, 0.4) is 0 Å². The van der Waals surface area contributed by atoms with Gasteiger partial charge < -0.3 is 9.47 Å². The van der Waals surface area contributed by atoms with E-state index < -0.39 is 0 Å². The molecule has 0 atom stereocenters. The van der Waals surface area contributed by atoms with E-state index in [-0.39, 0.29) is 12.1 Å². The summed E-state index contributed by atoms with van der Waals surface area (Å²) in [4.78, 5) is 12.2. The lowest BCUT2D eigenvalue weighted by Gasteiger charge is -2.12. The van der Waals surface area contributed by atoms with E-state index in [1.54, 1.807) is 18.2 Å². The number of ether oxygens (including phenoxy) is 2. The summed E-state index contributed by atoms with van der Waals surface area (Å²) >= 11 is 3.42. The summed E-state index contributed by atoms with van der Waals surface area (Å²) in [6, 6.07) is 10.9. The number of rotatable bonds is 4. The van der Waals surface area contributed by atoms with Crippen LogP contribution in [0.25, 0.3) is 0 Å². The summed E-state index contributed by atoms with van der Waals surface area (Å²) in [6.45, 7) is 7.85. The fourth-order valence-electron chi connectivity index (χ4n) is 2.14. The molecule has 0 saturated carbocycles. The maximum Gasteiger partial charge on any atom is 0.343 e. The molecule has 0 saturated heterocycles. The minimum absolute atomic E-state index is 0.0735. The number of benzene rings is 2. The fraction of sp³-hybridized carbons (Fsp3) is 0.278. The molecule has 0 aromatic heterocycles. The molecule has 0 radical (unpaired) electrons. The molecule has 2 aromatic rings. The molecule has 0 heterocycles. The van der Waals surface area contributed by atoms with E-state index in [1.807, 2.05) is 45.9 Å². The van der Waals surface area contributed by atoms with Crippen LogP contribution >= 0.6 is 15.9 Å². The highest BCUT2D eigenvalue weighted by Crippen LogP contribution is 2.27. The van der Waals surface area contributed by atoms with Gasteiger partial charge in [0.15, 0.2) is 0 Å². The molecule has 22 heavy (non-hydrogen) atoms. The smallest absolute Gasteiger partial charge is 0.343 e. The van der Waals surface area contributed by atoms with Crippen molar-refractivity contribution in [3.63, 3.8) is 0 Å². The van der Waals surface area contributed by atoms with Gasteiger partial charge in [0.2, 0.25) is 0 Å². The number of hydrogen-bond donors (Lipinski definition) is 0. The lowest BCUT2D eigenvalue weighted by molar-refractivity contribution is 0.0734. The predicted molar refractivity (Wildman–Crippen MR) is 90.8 cm³/mol. The van der Waals surface area contributed by atoms with Gasteiger partial charge >= 0.3 is 5.97 Å². The van der Waals surface area contributed by atoms with Gasteiger partial charge in [-0.2, -0.15) is 0 Å². The summed E-state index contributed by atoms with van der Waals surface area (Å²) in [5.74, 6) is 0.876. The van der Waals surface area contributed by atoms with Crippen molar-refractivity contribution in [3.8, 4) is 11.5 Å². The second-order valence-corrected chi connectivity index (χ2v) is 6.38. The van der Waals surface area contributed by atoms with E-state index in [4.69, 9.17) is 9.47 Å². The molecule has 0 amide bonds. The van der Waals surface area contributed by atoms with E-state index in [2.05, 4.69) is 15.9 Å². The van der Waals surface area contributed by atoms with Crippen LogP contribution in [0.2, 0.25) is 0 Å². The van der Waals surface area contributed by atoms with Gasteiger partial charge in [0, 0.05) is 0 Å². The SMILES string of the molecule is Cc1cc(C)cc(OC(=O)c2ccc(OC(C)C)c(Br)c2)c1. The number of hydrogen-bond acceptors (Lipinski definition) is 3. The Morgan fingerprint density at radius 1 is 1.05 bits per heavy atom. The van der Waals surface area contributed by atoms with Crippen molar-refractivity contribution in [2.24, 2.45) is 0 Å². The Morgan fingerprint density at radius 2 is 1.68 bits per heavy atom. The van der Waals surface area contributed by atoms with Gasteiger partial charge in [-0.1, -0.05) is 6.07 Å². The number of carbonyl (C=O) groups excluding carboxylic acids is 1. The first-order chi connectivity index (χ1) is 10.3. The van der Waals surface area contributed by atoms with Crippen LogP contribution in [-0.4, -0.2) is 12.1 Å². The van der Waals surface area contributed by atoms with Crippen molar-refractivity contribution in [3.05, 3.63) is 57.6 Å². The highest BCUT2D eigenvalue weighted by atomic mass is 79.9. The fourth-order valence-corrected chi connectivity index (χ4v) is 2.61. The highest BCUT2D eigenvalue weighted by Gasteiger charge is 2.12. The molecule has 2 rings (SSSR count). The number of carbonyl (C=O) groups is 1. The van der Waals surface area contributed by atoms with Gasteiger partial charge in [0.25, 0.3) is 0 Å². The first-order valence-electron chi connectivity index (χ1n) is 7.12. The minimum Gasteiger partial charge on any atom is -0.490 e. The van der Waals surface area contributed by atoms with E-state index in [9.17, 15) is 4.79 Å². The molecule has 0 fully saturated rings. The second kappa shape index (κ2) is 6.97. The monoisotopic (exact) mass is 362 g/mol. The number of esters is 1. The van der Waals surface area contributed by atoms with E-state index in [0.29, 0.717) is 17.1 Å². The Bertz CT molecular complexity index is 672. The zero-order chi connectivity index (χ0) is 16.3. The maximum absolute atomic E-state index is 12.2. The van der Waals surface area contributed by atoms with Crippen LogP contribution in [0.1, 0.15) is 35.3 Å². The molecule has 0 unspecified atom stereocenters. The van der Waals surface area contributed by atoms with Gasteiger partial charge in [-0.05, 0) is 85.1 Å². The molecular formula is C18H19BrO3. The third-order valence-corrected chi connectivity index (χ3v) is 3.56. The summed E-state index contributed by atoms with van der Waals surface area (Å²) in [5, 5.41) is 0. The van der Waals surface area contributed by atoms with Crippen molar-refractivity contribution >= 4 is 21.9 Å². The van der Waals surface area contributed by atoms with E-state index in [1.165, 1.54) is 0 Å². The molecule has 0 spiro atoms. The highest BCUT2D eigenvalue weighted by molar-refractivity contribution is 9.10. The molecule has 3 nitrogen and oxygen atoms in total. The third kappa shape index (κ3) is 4.34. The first-order valence-corrected chi connectivity index (χ1v) is 7.91. The molecule has 0 aliphatic rings. The zero-order valence-electron chi connectivity index (χ0n) is 13.1. The molecule has 0 N–H and O–H groups in total. The molecule has 116 valence electrons. The topological polar surface area (TPSA) is 35.5 Å².